The van der Waals surface area contributed by atoms with Gasteiger partial charge in [-0.3, -0.25) is 4.79 Å². The van der Waals surface area contributed by atoms with E-state index in [0.29, 0.717) is 16.3 Å². The van der Waals surface area contributed by atoms with Crippen molar-refractivity contribution in [3.05, 3.63) is 94.5 Å². The van der Waals surface area contributed by atoms with Crippen LogP contribution in [0.5, 0.6) is 5.75 Å². The van der Waals surface area contributed by atoms with E-state index in [-0.39, 0.29) is 5.56 Å². The van der Waals surface area contributed by atoms with Crippen molar-refractivity contribution < 1.29 is 32.2 Å². The van der Waals surface area contributed by atoms with Crippen molar-refractivity contribution in [3.8, 4) is 5.75 Å². The van der Waals surface area contributed by atoms with E-state index >= 15 is 0 Å². The van der Waals surface area contributed by atoms with Gasteiger partial charge in [0.25, 0.3) is 5.91 Å². The number of alkyl halides is 3. The molecule has 0 saturated carbocycles. The summed E-state index contributed by atoms with van der Waals surface area (Å²) in [5.74, 6) is -2.00. The summed E-state index contributed by atoms with van der Waals surface area (Å²) in [7, 11) is 0. The summed E-state index contributed by atoms with van der Waals surface area (Å²) in [5, 5.41) is 3.11. The minimum Gasteiger partial charge on any atom is -0.444 e. The molecular formula is C23H17ClF3NO4. The summed E-state index contributed by atoms with van der Waals surface area (Å²) in [5.41, 5.74) is 1.60. The summed E-state index contributed by atoms with van der Waals surface area (Å²) in [6.07, 6.45) is -6.16. The lowest BCUT2D eigenvalue weighted by molar-refractivity contribution is -0.274. The third kappa shape index (κ3) is 6.24. The fourth-order valence-electron chi connectivity index (χ4n) is 2.75. The highest BCUT2D eigenvalue weighted by molar-refractivity contribution is 6.31. The number of rotatable bonds is 6. The minimum atomic E-state index is -4.85. The number of amides is 1. The molecule has 1 atom stereocenters. The van der Waals surface area contributed by atoms with Crippen molar-refractivity contribution >= 4 is 29.2 Å². The fraction of sp³-hybridized carbons (Fsp3) is 0.130. The van der Waals surface area contributed by atoms with Gasteiger partial charge in [0.1, 0.15) is 5.75 Å². The number of esters is 1. The molecule has 166 valence electrons. The summed E-state index contributed by atoms with van der Waals surface area (Å²) in [6, 6.07) is 17.5. The molecule has 0 aliphatic rings. The molecule has 0 heterocycles. The van der Waals surface area contributed by atoms with Crippen molar-refractivity contribution in [1.29, 1.82) is 0 Å². The maximum Gasteiger partial charge on any atom is 0.573 e. The Kier molecular flexibility index (Phi) is 7.05. The van der Waals surface area contributed by atoms with E-state index in [1.807, 2.05) is 6.92 Å². The third-order valence-corrected chi connectivity index (χ3v) is 4.74. The predicted molar refractivity (Wildman–Crippen MR) is 113 cm³/mol. The van der Waals surface area contributed by atoms with Gasteiger partial charge in [-0.15, -0.1) is 13.2 Å². The quantitative estimate of drug-likeness (QED) is 0.450. The highest BCUT2D eigenvalue weighted by atomic mass is 35.5. The Labute approximate surface area is 186 Å². The molecule has 0 aliphatic heterocycles. The molecule has 32 heavy (non-hydrogen) atoms. The zero-order valence-corrected chi connectivity index (χ0v) is 17.4. The van der Waals surface area contributed by atoms with Gasteiger partial charge in [0.2, 0.25) is 6.10 Å². The Bertz CT molecular complexity index is 1100. The fourth-order valence-corrected chi connectivity index (χ4v) is 2.93. The number of ether oxygens (including phenoxy) is 2. The van der Waals surface area contributed by atoms with Gasteiger partial charge in [0, 0.05) is 16.3 Å². The van der Waals surface area contributed by atoms with E-state index in [2.05, 4.69) is 10.1 Å². The number of carbonyl (C=O) groups is 2. The lowest BCUT2D eigenvalue weighted by Crippen LogP contribution is -2.26. The molecule has 1 amide bonds. The zero-order chi connectivity index (χ0) is 23.3. The van der Waals surface area contributed by atoms with Crippen LogP contribution in [0.2, 0.25) is 5.02 Å². The number of hydrogen-bond donors (Lipinski definition) is 1. The van der Waals surface area contributed by atoms with Crippen LogP contribution in [0.3, 0.4) is 0 Å². The third-order valence-electron chi connectivity index (χ3n) is 4.33. The van der Waals surface area contributed by atoms with Crippen molar-refractivity contribution in [2.75, 3.05) is 5.32 Å². The van der Waals surface area contributed by atoms with Crippen molar-refractivity contribution in [1.82, 2.24) is 0 Å². The summed E-state index contributed by atoms with van der Waals surface area (Å²) >= 11 is 6.09. The molecule has 0 aliphatic carbocycles. The molecular weight excluding hydrogens is 447 g/mol. The summed E-state index contributed by atoms with van der Waals surface area (Å²) < 4.78 is 46.1. The molecule has 0 spiro atoms. The highest BCUT2D eigenvalue weighted by Crippen LogP contribution is 2.26. The number of halogens is 4. The summed E-state index contributed by atoms with van der Waals surface area (Å²) in [4.78, 5) is 25.5. The first-order valence-electron chi connectivity index (χ1n) is 9.31. The van der Waals surface area contributed by atoms with Gasteiger partial charge < -0.3 is 14.8 Å². The Morgan fingerprint density at radius 1 is 0.969 bits per heavy atom. The first-order chi connectivity index (χ1) is 15.1. The topological polar surface area (TPSA) is 64.6 Å². The standard InChI is InChI=1S/C23H17ClF3NO4/c1-14-7-10-17(13-19(14)24)28-21(29)20(15-5-3-2-4-6-15)31-22(30)16-8-11-18(12-9-16)32-23(25,26)27/h2-13,20H,1H3,(H,28,29)/t20-/m1/s1. The molecule has 0 saturated heterocycles. The Hall–Kier alpha value is -3.52. The molecule has 3 rings (SSSR count). The zero-order valence-electron chi connectivity index (χ0n) is 16.7. The van der Waals surface area contributed by atoms with Crippen LogP contribution in [0.15, 0.2) is 72.8 Å². The van der Waals surface area contributed by atoms with Gasteiger partial charge in [-0.1, -0.05) is 48.0 Å². The van der Waals surface area contributed by atoms with E-state index in [4.69, 9.17) is 16.3 Å². The van der Waals surface area contributed by atoms with Crippen LogP contribution >= 0.6 is 11.6 Å². The molecule has 0 radical (unpaired) electrons. The van der Waals surface area contributed by atoms with Crippen LogP contribution in [0.4, 0.5) is 18.9 Å². The van der Waals surface area contributed by atoms with Gasteiger partial charge >= 0.3 is 12.3 Å². The monoisotopic (exact) mass is 463 g/mol. The van der Waals surface area contributed by atoms with Gasteiger partial charge in [0.15, 0.2) is 0 Å². The largest absolute Gasteiger partial charge is 0.573 e. The van der Waals surface area contributed by atoms with Crippen LogP contribution in [0.25, 0.3) is 0 Å². The Morgan fingerprint density at radius 2 is 1.62 bits per heavy atom. The molecule has 5 nitrogen and oxygen atoms in total. The second-order valence-corrected chi connectivity index (χ2v) is 7.13. The molecule has 3 aromatic rings. The number of nitrogens with one attached hydrogen (secondary N) is 1. The lowest BCUT2D eigenvalue weighted by atomic mass is 10.1. The number of benzene rings is 3. The maximum atomic E-state index is 12.9. The normalized spacial score (nSPS) is 12.0. The number of hydrogen-bond acceptors (Lipinski definition) is 4. The van der Waals surface area contributed by atoms with Crippen LogP contribution in [0, 0.1) is 6.92 Å². The number of aryl methyl sites for hydroxylation is 1. The highest BCUT2D eigenvalue weighted by Gasteiger charge is 2.31. The summed E-state index contributed by atoms with van der Waals surface area (Å²) in [6.45, 7) is 1.81. The molecule has 1 N–H and O–H groups in total. The lowest BCUT2D eigenvalue weighted by Gasteiger charge is -2.18. The maximum absolute atomic E-state index is 12.9. The van der Waals surface area contributed by atoms with Crippen LogP contribution in [-0.4, -0.2) is 18.2 Å². The first-order valence-corrected chi connectivity index (χ1v) is 9.69. The van der Waals surface area contributed by atoms with E-state index in [9.17, 15) is 22.8 Å². The molecule has 0 unspecified atom stereocenters. The molecule has 0 fully saturated rings. The van der Waals surface area contributed by atoms with Gasteiger partial charge in [-0.25, -0.2) is 4.79 Å². The molecule has 0 bridgehead atoms. The Morgan fingerprint density at radius 3 is 2.22 bits per heavy atom. The SMILES string of the molecule is Cc1ccc(NC(=O)[C@H](OC(=O)c2ccc(OC(F)(F)F)cc2)c2ccccc2)cc1Cl. The van der Waals surface area contributed by atoms with E-state index in [0.717, 1.165) is 29.8 Å². The first kappa shape index (κ1) is 23.1. The van der Waals surface area contributed by atoms with E-state index < -0.39 is 30.1 Å². The molecule has 9 heteroatoms. The second kappa shape index (κ2) is 9.74. The second-order valence-electron chi connectivity index (χ2n) is 6.72. The van der Waals surface area contributed by atoms with E-state index in [1.54, 1.807) is 48.5 Å². The average molecular weight is 464 g/mol. The van der Waals surface area contributed by atoms with Gasteiger partial charge in [-0.05, 0) is 48.9 Å². The molecule has 0 aromatic heterocycles. The number of anilines is 1. The van der Waals surface area contributed by atoms with Crippen molar-refractivity contribution in [3.63, 3.8) is 0 Å². The minimum absolute atomic E-state index is 0.0494. The van der Waals surface area contributed by atoms with E-state index in [1.165, 1.54) is 0 Å². The van der Waals surface area contributed by atoms with Crippen LogP contribution < -0.4 is 10.1 Å². The van der Waals surface area contributed by atoms with Crippen molar-refractivity contribution in [2.45, 2.75) is 19.4 Å². The van der Waals surface area contributed by atoms with Gasteiger partial charge in [0.05, 0.1) is 5.56 Å². The smallest absolute Gasteiger partial charge is 0.444 e. The molecule has 3 aromatic carbocycles. The van der Waals surface area contributed by atoms with Gasteiger partial charge in [-0.2, -0.15) is 0 Å². The van der Waals surface area contributed by atoms with Crippen LogP contribution in [-0.2, 0) is 9.53 Å². The average Bonchev–Trinajstić information content (AvgIpc) is 2.74. The predicted octanol–water partition coefficient (Wildman–Crippen LogP) is 6.08. The Balaban J connectivity index is 1.79. The van der Waals surface area contributed by atoms with Crippen LogP contribution in [0.1, 0.15) is 27.6 Å². The van der Waals surface area contributed by atoms with Crippen molar-refractivity contribution in [2.24, 2.45) is 0 Å². The number of carbonyl (C=O) groups excluding carboxylic acids is 2.